The van der Waals surface area contributed by atoms with Crippen LogP contribution in [0.4, 0.5) is 5.69 Å². The van der Waals surface area contributed by atoms with E-state index in [1.807, 2.05) is 19.1 Å². The molecule has 1 amide bonds. The summed E-state index contributed by atoms with van der Waals surface area (Å²) >= 11 is 0. The summed E-state index contributed by atoms with van der Waals surface area (Å²) in [5.74, 6) is -0.971. The van der Waals surface area contributed by atoms with Crippen LogP contribution in [0.25, 0.3) is 0 Å². The number of carbonyl (C=O) groups is 2. The summed E-state index contributed by atoms with van der Waals surface area (Å²) in [6.07, 6.45) is -0.00208. The maximum atomic E-state index is 11.7. The number of hydrogen-bond donors (Lipinski definition) is 1. The summed E-state index contributed by atoms with van der Waals surface area (Å²) in [5, 5.41) is 8.71. The SMILES string of the molecule is CC1C(=O)N(C)c2ccc(CC(=O)O)cc21. The lowest BCUT2D eigenvalue weighted by atomic mass is 9.99. The summed E-state index contributed by atoms with van der Waals surface area (Å²) in [6.45, 7) is 1.84. The molecule has 0 saturated carbocycles. The Labute approximate surface area is 93.5 Å². The zero-order valence-corrected chi connectivity index (χ0v) is 9.23. The lowest BCUT2D eigenvalue weighted by Crippen LogP contribution is -2.22. The Morgan fingerprint density at radius 1 is 1.50 bits per heavy atom. The molecule has 4 heteroatoms. The van der Waals surface area contributed by atoms with Gasteiger partial charge in [0.05, 0.1) is 12.3 Å². The maximum absolute atomic E-state index is 11.7. The van der Waals surface area contributed by atoms with Crippen molar-refractivity contribution in [1.29, 1.82) is 0 Å². The van der Waals surface area contributed by atoms with Crippen molar-refractivity contribution in [2.45, 2.75) is 19.3 Å². The number of likely N-dealkylation sites (N-methyl/N-ethyl adjacent to an activating group) is 1. The predicted molar refractivity (Wildman–Crippen MR) is 59.6 cm³/mol. The molecule has 84 valence electrons. The quantitative estimate of drug-likeness (QED) is 0.817. The number of benzene rings is 1. The van der Waals surface area contributed by atoms with E-state index in [4.69, 9.17) is 5.11 Å². The van der Waals surface area contributed by atoms with Crippen molar-refractivity contribution in [1.82, 2.24) is 0 Å². The molecular weight excluding hydrogens is 206 g/mol. The number of carbonyl (C=O) groups excluding carboxylic acids is 1. The van der Waals surface area contributed by atoms with Crippen molar-refractivity contribution in [2.24, 2.45) is 0 Å². The van der Waals surface area contributed by atoms with E-state index in [9.17, 15) is 9.59 Å². The van der Waals surface area contributed by atoms with Crippen molar-refractivity contribution in [3.8, 4) is 0 Å². The van der Waals surface area contributed by atoms with Crippen LogP contribution < -0.4 is 4.90 Å². The molecule has 0 fully saturated rings. The minimum atomic E-state index is -0.856. The minimum Gasteiger partial charge on any atom is -0.481 e. The molecule has 1 atom stereocenters. The molecule has 1 aromatic rings. The van der Waals surface area contributed by atoms with Gasteiger partial charge in [0.2, 0.25) is 5.91 Å². The number of hydrogen-bond acceptors (Lipinski definition) is 2. The Kier molecular flexibility index (Phi) is 2.42. The van der Waals surface area contributed by atoms with Crippen LogP contribution in [0, 0.1) is 0 Å². The molecule has 1 N–H and O–H groups in total. The van der Waals surface area contributed by atoms with Crippen LogP contribution in [0.5, 0.6) is 0 Å². The number of amides is 1. The largest absolute Gasteiger partial charge is 0.481 e. The molecule has 0 aliphatic carbocycles. The average Bonchev–Trinajstić information content (AvgIpc) is 2.43. The second kappa shape index (κ2) is 3.63. The van der Waals surface area contributed by atoms with Gasteiger partial charge in [-0.05, 0) is 24.1 Å². The number of carboxylic acid groups (broad SMARTS) is 1. The van der Waals surface area contributed by atoms with E-state index < -0.39 is 5.97 Å². The molecule has 1 aromatic carbocycles. The Hall–Kier alpha value is -1.84. The Bertz CT molecular complexity index is 467. The van der Waals surface area contributed by atoms with E-state index in [0.717, 1.165) is 16.8 Å². The third-order valence-corrected chi connectivity index (χ3v) is 2.98. The second-order valence-electron chi connectivity index (χ2n) is 4.08. The third-order valence-electron chi connectivity index (χ3n) is 2.98. The first-order chi connectivity index (χ1) is 7.50. The molecule has 4 nitrogen and oxygen atoms in total. The topological polar surface area (TPSA) is 57.6 Å². The first-order valence-electron chi connectivity index (χ1n) is 5.13. The Morgan fingerprint density at radius 2 is 2.19 bits per heavy atom. The van der Waals surface area contributed by atoms with Gasteiger partial charge >= 0.3 is 5.97 Å². The van der Waals surface area contributed by atoms with Gasteiger partial charge in [-0.3, -0.25) is 9.59 Å². The number of fused-ring (bicyclic) bond motifs is 1. The first-order valence-corrected chi connectivity index (χ1v) is 5.13. The van der Waals surface area contributed by atoms with Crippen LogP contribution in [0.3, 0.4) is 0 Å². The number of nitrogens with zero attached hydrogens (tertiary/aromatic N) is 1. The molecule has 0 saturated heterocycles. The van der Waals surface area contributed by atoms with Gasteiger partial charge in [-0.1, -0.05) is 12.1 Å². The fourth-order valence-corrected chi connectivity index (χ4v) is 2.08. The first kappa shape index (κ1) is 10.7. The fraction of sp³-hybridized carbons (Fsp3) is 0.333. The third kappa shape index (κ3) is 1.56. The Balaban J connectivity index is 2.41. The van der Waals surface area contributed by atoms with Gasteiger partial charge in [-0.15, -0.1) is 0 Å². The lowest BCUT2D eigenvalue weighted by Gasteiger charge is -2.09. The summed E-state index contributed by atoms with van der Waals surface area (Å²) in [6, 6.07) is 5.39. The molecule has 0 radical (unpaired) electrons. The molecule has 1 heterocycles. The van der Waals surface area contributed by atoms with Crippen molar-refractivity contribution in [3.63, 3.8) is 0 Å². The molecule has 1 aliphatic rings. The molecule has 0 bridgehead atoms. The minimum absolute atomic E-state index is 0.00208. The highest BCUT2D eigenvalue weighted by atomic mass is 16.4. The zero-order valence-electron chi connectivity index (χ0n) is 9.23. The van der Waals surface area contributed by atoms with Gasteiger partial charge in [-0.25, -0.2) is 0 Å². The number of anilines is 1. The van der Waals surface area contributed by atoms with E-state index in [2.05, 4.69) is 0 Å². The maximum Gasteiger partial charge on any atom is 0.307 e. The summed E-state index contributed by atoms with van der Waals surface area (Å²) < 4.78 is 0. The second-order valence-corrected chi connectivity index (χ2v) is 4.08. The van der Waals surface area contributed by atoms with Crippen LogP contribution in [-0.4, -0.2) is 24.0 Å². The van der Waals surface area contributed by atoms with Gasteiger partial charge < -0.3 is 10.0 Å². The predicted octanol–water partition coefficient (Wildman–Crippen LogP) is 1.39. The normalized spacial score (nSPS) is 18.8. The summed E-state index contributed by atoms with van der Waals surface area (Å²) in [4.78, 5) is 23.9. The van der Waals surface area contributed by atoms with E-state index in [0.29, 0.717) is 0 Å². The van der Waals surface area contributed by atoms with Crippen LogP contribution in [0.1, 0.15) is 24.0 Å². The van der Waals surface area contributed by atoms with Gasteiger partial charge in [0.25, 0.3) is 0 Å². The molecule has 2 rings (SSSR count). The average molecular weight is 219 g/mol. The molecule has 1 unspecified atom stereocenters. The van der Waals surface area contributed by atoms with Gasteiger partial charge in [0.15, 0.2) is 0 Å². The zero-order chi connectivity index (χ0) is 11.9. The van der Waals surface area contributed by atoms with E-state index in [1.165, 1.54) is 0 Å². The van der Waals surface area contributed by atoms with Crippen LogP contribution in [0.15, 0.2) is 18.2 Å². The van der Waals surface area contributed by atoms with Crippen molar-refractivity contribution in [2.75, 3.05) is 11.9 Å². The lowest BCUT2D eigenvalue weighted by molar-refractivity contribution is -0.136. The van der Waals surface area contributed by atoms with Crippen LogP contribution in [-0.2, 0) is 16.0 Å². The molecular formula is C12H13NO3. The van der Waals surface area contributed by atoms with E-state index in [1.54, 1.807) is 18.0 Å². The van der Waals surface area contributed by atoms with Gasteiger partial charge in [0.1, 0.15) is 0 Å². The van der Waals surface area contributed by atoms with Gasteiger partial charge in [-0.2, -0.15) is 0 Å². The standard InChI is InChI=1S/C12H13NO3/c1-7-9-5-8(6-11(14)15)3-4-10(9)13(2)12(7)16/h3-5,7H,6H2,1-2H3,(H,14,15). The molecule has 16 heavy (non-hydrogen) atoms. The number of carboxylic acids is 1. The highest BCUT2D eigenvalue weighted by Gasteiger charge is 2.31. The van der Waals surface area contributed by atoms with Crippen LogP contribution in [0.2, 0.25) is 0 Å². The fourth-order valence-electron chi connectivity index (χ4n) is 2.08. The molecule has 0 aromatic heterocycles. The monoisotopic (exact) mass is 219 g/mol. The summed E-state index contributed by atoms with van der Waals surface area (Å²) in [5.41, 5.74) is 2.54. The smallest absolute Gasteiger partial charge is 0.307 e. The summed E-state index contributed by atoms with van der Waals surface area (Å²) in [7, 11) is 1.74. The highest BCUT2D eigenvalue weighted by Crippen LogP contribution is 2.36. The molecule has 1 aliphatic heterocycles. The van der Waals surface area contributed by atoms with Crippen molar-refractivity contribution < 1.29 is 14.7 Å². The number of rotatable bonds is 2. The van der Waals surface area contributed by atoms with Crippen molar-refractivity contribution >= 4 is 17.6 Å². The Morgan fingerprint density at radius 3 is 2.81 bits per heavy atom. The number of aliphatic carboxylic acids is 1. The van der Waals surface area contributed by atoms with E-state index >= 15 is 0 Å². The molecule has 0 spiro atoms. The highest BCUT2D eigenvalue weighted by molar-refractivity contribution is 6.04. The van der Waals surface area contributed by atoms with Crippen molar-refractivity contribution in [3.05, 3.63) is 29.3 Å². The van der Waals surface area contributed by atoms with Gasteiger partial charge in [0, 0.05) is 12.7 Å². The van der Waals surface area contributed by atoms with E-state index in [-0.39, 0.29) is 18.2 Å². The van der Waals surface area contributed by atoms with Crippen LogP contribution >= 0.6 is 0 Å².